The zero-order chi connectivity index (χ0) is 19.9. The summed E-state index contributed by atoms with van der Waals surface area (Å²) in [5.74, 6) is -0.216. The highest BCUT2D eigenvalue weighted by Gasteiger charge is 2.17. The van der Waals surface area contributed by atoms with Crippen molar-refractivity contribution in [2.24, 2.45) is 0 Å². The standard InChI is InChI=1S/C22H18ClNO3S/c1-15(28-18-7-3-2-4-8-18)22(26)27-17-13-11-16(12-14-17)24-21(25)19-9-5-6-10-20(19)23/h2-15H,1H3,(H,24,25). The van der Waals surface area contributed by atoms with Crippen LogP contribution in [-0.4, -0.2) is 17.1 Å². The van der Waals surface area contributed by atoms with Crippen LogP contribution >= 0.6 is 23.4 Å². The fourth-order valence-electron chi connectivity index (χ4n) is 2.40. The van der Waals surface area contributed by atoms with Gasteiger partial charge in [0.2, 0.25) is 0 Å². The summed E-state index contributed by atoms with van der Waals surface area (Å²) in [6.07, 6.45) is 0. The van der Waals surface area contributed by atoms with Gasteiger partial charge in [-0.1, -0.05) is 41.9 Å². The molecule has 6 heteroatoms. The van der Waals surface area contributed by atoms with Gasteiger partial charge in [-0.15, -0.1) is 11.8 Å². The first-order valence-electron chi connectivity index (χ1n) is 8.62. The Labute approximate surface area is 172 Å². The molecule has 0 radical (unpaired) electrons. The number of nitrogens with one attached hydrogen (secondary N) is 1. The van der Waals surface area contributed by atoms with Crippen LogP contribution in [0.1, 0.15) is 17.3 Å². The number of rotatable bonds is 6. The highest BCUT2D eigenvalue weighted by molar-refractivity contribution is 8.00. The van der Waals surface area contributed by atoms with Crippen molar-refractivity contribution < 1.29 is 14.3 Å². The van der Waals surface area contributed by atoms with Crippen LogP contribution in [0.2, 0.25) is 5.02 Å². The number of halogens is 1. The van der Waals surface area contributed by atoms with Gasteiger partial charge in [-0.05, 0) is 55.5 Å². The molecule has 142 valence electrons. The topological polar surface area (TPSA) is 55.4 Å². The number of esters is 1. The van der Waals surface area contributed by atoms with Crippen molar-refractivity contribution in [3.8, 4) is 5.75 Å². The number of hydrogen-bond acceptors (Lipinski definition) is 4. The van der Waals surface area contributed by atoms with Gasteiger partial charge in [-0.3, -0.25) is 9.59 Å². The zero-order valence-electron chi connectivity index (χ0n) is 15.1. The van der Waals surface area contributed by atoms with Crippen LogP contribution in [-0.2, 0) is 4.79 Å². The van der Waals surface area contributed by atoms with Gasteiger partial charge in [0, 0.05) is 10.6 Å². The van der Waals surface area contributed by atoms with Crippen molar-refractivity contribution in [2.75, 3.05) is 5.32 Å². The van der Waals surface area contributed by atoms with E-state index in [2.05, 4.69) is 5.32 Å². The predicted molar refractivity (Wildman–Crippen MR) is 113 cm³/mol. The zero-order valence-corrected chi connectivity index (χ0v) is 16.7. The van der Waals surface area contributed by atoms with Gasteiger partial charge >= 0.3 is 5.97 Å². The fraction of sp³-hybridized carbons (Fsp3) is 0.0909. The van der Waals surface area contributed by atoms with Gasteiger partial charge < -0.3 is 10.1 Å². The molecule has 28 heavy (non-hydrogen) atoms. The molecule has 0 spiro atoms. The third kappa shape index (κ3) is 5.38. The second-order valence-corrected chi connectivity index (χ2v) is 7.77. The summed E-state index contributed by atoms with van der Waals surface area (Å²) < 4.78 is 5.42. The quantitative estimate of drug-likeness (QED) is 0.322. The largest absolute Gasteiger partial charge is 0.426 e. The minimum atomic E-state index is -0.345. The summed E-state index contributed by atoms with van der Waals surface area (Å²) in [6, 6.07) is 23.1. The highest BCUT2D eigenvalue weighted by atomic mass is 35.5. The number of amides is 1. The maximum absolute atomic E-state index is 12.3. The van der Waals surface area contributed by atoms with Crippen molar-refractivity contribution >= 4 is 40.9 Å². The van der Waals surface area contributed by atoms with E-state index < -0.39 is 0 Å². The van der Waals surface area contributed by atoms with Crippen LogP contribution < -0.4 is 10.1 Å². The van der Waals surface area contributed by atoms with Crippen LogP contribution in [0.5, 0.6) is 5.75 Å². The van der Waals surface area contributed by atoms with Gasteiger partial charge in [-0.25, -0.2) is 0 Å². The lowest BCUT2D eigenvalue weighted by Crippen LogP contribution is -2.19. The molecule has 1 unspecified atom stereocenters. The minimum Gasteiger partial charge on any atom is -0.426 e. The van der Waals surface area contributed by atoms with Crippen molar-refractivity contribution in [3.05, 3.63) is 89.4 Å². The van der Waals surface area contributed by atoms with Gasteiger partial charge in [0.05, 0.1) is 10.6 Å². The Morgan fingerprint density at radius 1 is 0.929 bits per heavy atom. The van der Waals surface area contributed by atoms with Crippen LogP contribution in [0.25, 0.3) is 0 Å². The Morgan fingerprint density at radius 2 is 1.57 bits per heavy atom. The van der Waals surface area contributed by atoms with E-state index in [1.807, 2.05) is 30.3 Å². The fourth-order valence-corrected chi connectivity index (χ4v) is 3.49. The molecule has 0 heterocycles. The number of carbonyl (C=O) groups is 2. The van der Waals surface area contributed by atoms with Crippen molar-refractivity contribution in [2.45, 2.75) is 17.1 Å². The molecule has 0 fully saturated rings. The predicted octanol–water partition coefficient (Wildman–Crippen LogP) is 5.68. The van der Waals surface area contributed by atoms with Crippen molar-refractivity contribution in [1.82, 2.24) is 0 Å². The number of carbonyl (C=O) groups excluding carboxylic acids is 2. The van der Waals surface area contributed by atoms with Crippen molar-refractivity contribution in [1.29, 1.82) is 0 Å². The van der Waals surface area contributed by atoms with E-state index in [1.54, 1.807) is 55.5 Å². The van der Waals surface area contributed by atoms with E-state index in [1.165, 1.54) is 11.8 Å². The molecule has 0 bridgehead atoms. The van der Waals surface area contributed by atoms with E-state index in [0.29, 0.717) is 22.0 Å². The Kier molecular flexibility index (Phi) is 6.74. The molecule has 3 rings (SSSR count). The van der Waals surface area contributed by atoms with Gasteiger partial charge in [0.15, 0.2) is 0 Å². The second kappa shape index (κ2) is 9.44. The van der Waals surface area contributed by atoms with E-state index >= 15 is 0 Å². The molecule has 0 aliphatic heterocycles. The molecular formula is C22H18ClNO3S. The van der Waals surface area contributed by atoms with Crippen LogP contribution in [0.4, 0.5) is 5.69 Å². The molecule has 3 aromatic carbocycles. The first-order chi connectivity index (χ1) is 13.5. The minimum absolute atomic E-state index is 0.303. The normalized spacial score (nSPS) is 11.5. The monoisotopic (exact) mass is 411 g/mol. The molecule has 3 aromatic rings. The maximum atomic E-state index is 12.3. The Morgan fingerprint density at radius 3 is 2.25 bits per heavy atom. The smallest absolute Gasteiger partial charge is 0.324 e. The number of thioether (sulfide) groups is 1. The summed E-state index contributed by atoms with van der Waals surface area (Å²) in [5.41, 5.74) is 0.975. The number of ether oxygens (including phenoxy) is 1. The molecule has 1 N–H and O–H groups in total. The van der Waals surface area contributed by atoms with E-state index in [0.717, 1.165) is 4.90 Å². The van der Waals surface area contributed by atoms with Crippen LogP contribution in [0, 0.1) is 0 Å². The average Bonchev–Trinajstić information content (AvgIpc) is 2.70. The van der Waals surface area contributed by atoms with Crippen LogP contribution in [0.3, 0.4) is 0 Å². The average molecular weight is 412 g/mol. The molecule has 1 amide bonds. The SMILES string of the molecule is CC(Sc1ccccc1)C(=O)Oc1ccc(NC(=O)c2ccccc2Cl)cc1. The lowest BCUT2D eigenvalue weighted by molar-refractivity contribution is -0.133. The second-order valence-electron chi connectivity index (χ2n) is 5.95. The maximum Gasteiger partial charge on any atom is 0.324 e. The Hall–Kier alpha value is -2.76. The molecule has 0 aromatic heterocycles. The third-order valence-electron chi connectivity index (χ3n) is 3.84. The lowest BCUT2D eigenvalue weighted by atomic mass is 10.2. The Balaban J connectivity index is 1.57. The lowest BCUT2D eigenvalue weighted by Gasteiger charge is -2.12. The molecular weight excluding hydrogens is 394 g/mol. The van der Waals surface area contributed by atoms with Gasteiger partial charge in [-0.2, -0.15) is 0 Å². The number of hydrogen-bond donors (Lipinski definition) is 1. The third-order valence-corrected chi connectivity index (χ3v) is 5.26. The van der Waals surface area contributed by atoms with E-state index in [-0.39, 0.29) is 17.1 Å². The van der Waals surface area contributed by atoms with Gasteiger partial charge in [0.25, 0.3) is 5.91 Å². The van der Waals surface area contributed by atoms with E-state index in [4.69, 9.17) is 16.3 Å². The first kappa shape index (κ1) is 20.0. The summed E-state index contributed by atoms with van der Waals surface area (Å²) in [6.45, 7) is 1.80. The molecule has 0 aliphatic rings. The number of benzene rings is 3. The van der Waals surface area contributed by atoms with Gasteiger partial charge in [0.1, 0.15) is 11.0 Å². The molecule has 0 saturated heterocycles. The Bertz CT molecular complexity index is 961. The summed E-state index contributed by atoms with van der Waals surface area (Å²) >= 11 is 7.47. The highest BCUT2D eigenvalue weighted by Crippen LogP contribution is 2.25. The molecule has 1 atom stereocenters. The summed E-state index contributed by atoms with van der Waals surface area (Å²) in [7, 11) is 0. The first-order valence-corrected chi connectivity index (χ1v) is 9.88. The molecule has 4 nitrogen and oxygen atoms in total. The van der Waals surface area contributed by atoms with Crippen molar-refractivity contribution in [3.63, 3.8) is 0 Å². The summed E-state index contributed by atoms with van der Waals surface area (Å²) in [5, 5.41) is 2.81. The molecule has 0 saturated carbocycles. The van der Waals surface area contributed by atoms with Crippen LogP contribution in [0.15, 0.2) is 83.8 Å². The summed E-state index contributed by atoms with van der Waals surface area (Å²) in [4.78, 5) is 25.6. The number of anilines is 1. The molecule has 0 aliphatic carbocycles. The van der Waals surface area contributed by atoms with E-state index in [9.17, 15) is 9.59 Å².